The Balaban J connectivity index is 1.62. The molecular weight excluding hydrogens is 350 g/mol. The predicted molar refractivity (Wildman–Crippen MR) is 102 cm³/mol. The number of carbonyl (C=O) groups is 1. The molecule has 2 heterocycles. The first kappa shape index (κ1) is 16.5. The number of anilines is 1. The molecule has 1 aromatic heterocycles. The van der Waals surface area contributed by atoms with Gasteiger partial charge in [-0.3, -0.25) is 4.79 Å². The molecule has 4 rings (SSSR count). The minimum Gasteiger partial charge on any atom is -0.497 e. The summed E-state index contributed by atoms with van der Waals surface area (Å²) in [5.74, 6) is 1.92. The van der Waals surface area contributed by atoms with Crippen molar-refractivity contribution in [2.45, 2.75) is 6.61 Å². The Hall–Kier alpha value is -2.99. The van der Waals surface area contributed by atoms with Gasteiger partial charge in [0.05, 0.1) is 19.1 Å². The molecular formula is C20H17NO4S. The van der Waals surface area contributed by atoms with Gasteiger partial charge in [0, 0.05) is 39.9 Å². The van der Waals surface area contributed by atoms with Crippen molar-refractivity contribution in [2.75, 3.05) is 19.5 Å². The molecule has 0 saturated carbocycles. The molecule has 0 spiro atoms. The highest BCUT2D eigenvalue weighted by Gasteiger charge is 2.22. The number of methoxy groups -OCH3 is 2. The van der Waals surface area contributed by atoms with Crippen molar-refractivity contribution in [3.63, 3.8) is 0 Å². The molecule has 132 valence electrons. The Labute approximate surface area is 155 Å². The van der Waals surface area contributed by atoms with Crippen LogP contribution in [0.3, 0.4) is 0 Å². The molecule has 0 saturated heterocycles. The molecule has 5 nitrogen and oxygen atoms in total. The van der Waals surface area contributed by atoms with Crippen LogP contribution < -0.4 is 19.5 Å². The lowest BCUT2D eigenvalue weighted by Crippen LogP contribution is -2.10. The van der Waals surface area contributed by atoms with Crippen LogP contribution in [0.1, 0.15) is 15.2 Å². The third kappa shape index (κ3) is 2.99. The van der Waals surface area contributed by atoms with E-state index < -0.39 is 0 Å². The summed E-state index contributed by atoms with van der Waals surface area (Å²) in [6.45, 7) is 0.475. The second kappa shape index (κ2) is 6.72. The third-order valence-electron chi connectivity index (χ3n) is 4.16. The molecule has 0 atom stereocenters. The highest BCUT2D eigenvalue weighted by atomic mass is 32.1. The number of hydrogen-bond acceptors (Lipinski definition) is 5. The Kier molecular flexibility index (Phi) is 4.26. The first-order valence-electron chi connectivity index (χ1n) is 8.07. The quantitative estimate of drug-likeness (QED) is 0.733. The summed E-state index contributed by atoms with van der Waals surface area (Å²) < 4.78 is 16.3. The Bertz CT molecular complexity index is 957. The van der Waals surface area contributed by atoms with E-state index in [1.54, 1.807) is 32.4 Å². The fraction of sp³-hybridized carbons (Fsp3) is 0.150. The van der Waals surface area contributed by atoms with Crippen LogP contribution in [-0.4, -0.2) is 20.1 Å². The fourth-order valence-corrected chi connectivity index (χ4v) is 3.98. The van der Waals surface area contributed by atoms with E-state index in [9.17, 15) is 4.79 Å². The van der Waals surface area contributed by atoms with Crippen molar-refractivity contribution in [1.82, 2.24) is 0 Å². The highest BCUT2D eigenvalue weighted by molar-refractivity contribution is 7.17. The van der Waals surface area contributed by atoms with Gasteiger partial charge in [-0.2, -0.15) is 0 Å². The van der Waals surface area contributed by atoms with E-state index in [0.717, 1.165) is 21.8 Å². The van der Waals surface area contributed by atoms with Gasteiger partial charge in [-0.25, -0.2) is 0 Å². The number of ether oxygens (including phenoxy) is 3. The van der Waals surface area contributed by atoms with E-state index >= 15 is 0 Å². The second-order valence-corrected chi connectivity index (χ2v) is 6.86. The fourth-order valence-electron chi connectivity index (χ4n) is 2.88. The maximum absolute atomic E-state index is 12.7. The van der Waals surface area contributed by atoms with Crippen LogP contribution in [0.2, 0.25) is 0 Å². The van der Waals surface area contributed by atoms with Crippen molar-refractivity contribution >= 4 is 22.9 Å². The maximum atomic E-state index is 12.7. The van der Waals surface area contributed by atoms with Crippen molar-refractivity contribution in [3.05, 3.63) is 59.0 Å². The zero-order valence-electron chi connectivity index (χ0n) is 14.4. The summed E-state index contributed by atoms with van der Waals surface area (Å²) in [6.07, 6.45) is 0. The summed E-state index contributed by atoms with van der Waals surface area (Å²) in [7, 11) is 3.15. The summed E-state index contributed by atoms with van der Waals surface area (Å²) in [4.78, 5) is 14.4. The van der Waals surface area contributed by atoms with Gasteiger partial charge in [0.15, 0.2) is 0 Å². The first-order chi connectivity index (χ1) is 12.7. The van der Waals surface area contributed by atoms with Crippen LogP contribution in [0.25, 0.3) is 10.4 Å². The average molecular weight is 367 g/mol. The Morgan fingerprint density at radius 3 is 2.54 bits per heavy atom. The number of nitrogens with one attached hydrogen (secondary N) is 1. The molecule has 1 aliphatic rings. The van der Waals surface area contributed by atoms with Crippen LogP contribution in [0.15, 0.2) is 48.5 Å². The SMILES string of the molecule is COc1cc(NC(=O)c2cc3c(s2)-c2ccccc2OC3)cc(OC)c1. The van der Waals surface area contributed by atoms with Gasteiger partial charge in [-0.05, 0) is 18.2 Å². The number of thiophene rings is 1. The summed E-state index contributed by atoms with van der Waals surface area (Å²) in [5, 5.41) is 2.91. The maximum Gasteiger partial charge on any atom is 0.265 e. The minimum atomic E-state index is -0.169. The second-order valence-electron chi connectivity index (χ2n) is 5.81. The number of fused-ring (bicyclic) bond motifs is 3. The Morgan fingerprint density at radius 2 is 1.81 bits per heavy atom. The van der Waals surface area contributed by atoms with Crippen LogP contribution in [0.4, 0.5) is 5.69 Å². The lowest BCUT2D eigenvalue weighted by molar-refractivity contribution is 0.103. The van der Waals surface area contributed by atoms with Crippen LogP contribution in [-0.2, 0) is 6.61 Å². The predicted octanol–water partition coefficient (Wildman–Crippen LogP) is 4.58. The molecule has 26 heavy (non-hydrogen) atoms. The van der Waals surface area contributed by atoms with Crippen LogP contribution in [0.5, 0.6) is 17.2 Å². The summed E-state index contributed by atoms with van der Waals surface area (Å²) in [5.41, 5.74) is 2.68. The lowest BCUT2D eigenvalue weighted by Gasteiger charge is -2.16. The number of amides is 1. The molecule has 0 aliphatic carbocycles. The van der Waals surface area contributed by atoms with Crippen molar-refractivity contribution < 1.29 is 19.0 Å². The number of para-hydroxylation sites is 1. The zero-order chi connectivity index (χ0) is 18.1. The van der Waals surface area contributed by atoms with Gasteiger partial charge in [-0.1, -0.05) is 12.1 Å². The molecule has 0 bridgehead atoms. The topological polar surface area (TPSA) is 56.8 Å². The number of rotatable bonds is 4. The summed E-state index contributed by atoms with van der Waals surface area (Å²) in [6, 6.07) is 15.0. The van der Waals surface area contributed by atoms with E-state index in [4.69, 9.17) is 14.2 Å². The smallest absolute Gasteiger partial charge is 0.265 e. The lowest BCUT2D eigenvalue weighted by atomic mass is 10.1. The van der Waals surface area contributed by atoms with Crippen molar-refractivity contribution in [2.24, 2.45) is 0 Å². The molecule has 1 amide bonds. The van der Waals surface area contributed by atoms with E-state index in [1.165, 1.54) is 11.3 Å². The molecule has 3 aromatic rings. The Morgan fingerprint density at radius 1 is 1.08 bits per heavy atom. The monoisotopic (exact) mass is 367 g/mol. The molecule has 1 aliphatic heterocycles. The summed E-state index contributed by atoms with van der Waals surface area (Å²) >= 11 is 1.47. The van der Waals surface area contributed by atoms with Gasteiger partial charge in [0.2, 0.25) is 0 Å². The van der Waals surface area contributed by atoms with Crippen LogP contribution in [0, 0.1) is 0 Å². The number of hydrogen-bond donors (Lipinski definition) is 1. The van der Waals surface area contributed by atoms with Crippen LogP contribution >= 0.6 is 11.3 Å². The largest absolute Gasteiger partial charge is 0.497 e. The van der Waals surface area contributed by atoms with Crippen molar-refractivity contribution in [3.8, 4) is 27.7 Å². The van der Waals surface area contributed by atoms with Gasteiger partial charge in [0.25, 0.3) is 5.91 Å². The van der Waals surface area contributed by atoms with Crippen molar-refractivity contribution in [1.29, 1.82) is 0 Å². The molecule has 6 heteroatoms. The molecule has 0 unspecified atom stereocenters. The first-order valence-corrected chi connectivity index (χ1v) is 8.89. The molecule has 0 fully saturated rings. The van der Waals surface area contributed by atoms with Gasteiger partial charge < -0.3 is 19.5 Å². The van der Waals surface area contributed by atoms with E-state index in [0.29, 0.717) is 28.7 Å². The molecule has 1 N–H and O–H groups in total. The number of carbonyl (C=O) groups excluding carboxylic acids is 1. The molecule has 0 radical (unpaired) electrons. The third-order valence-corrected chi connectivity index (χ3v) is 5.37. The van der Waals surface area contributed by atoms with Gasteiger partial charge in [0.1, 0.15) is 23.9 Å². The van der Waals surface area contributed by atoms with E-state index in [-0.39, 0.29) is 5.91 Å². The normalized spacial score (nSPS) is 11.8. The van der Waals surface area contributed by atoms with Gasteiger partial charge >= 0.3 is 0 Å². The number of benzene rings is 2. The average Bonchev–Trinajstić information content (AvgIpc) is 3.12. The minimum absolute atomic E-state index is 0.169. The standard InChI is InChI=1S/C20H17NO4S/c1-23-14-8-13(9-15(10-14)24-2)21-20(22)18-7-12-11-25-17-6-4-3-5-16(17)19(12)26-18/h3-10H,11H2,1-2H3,(H,21,22). The zero-order valence-corrected chi connectivity index (χ0v) is 15.2. The van der Waals surface area contributed by atoms with E-state index in [2.05, 4.69) is 5.32 Å². The highest BCUT2D eigenvalue weighted by Crippen LogP contribution is 2.42. The molecule has 2 aromatic carbocycles. The van der Waals surface area contributed by atoms with Gasteiger partial charge in [-0.15, -0.1) is 11.3 Å². The van der Waals surface area contributed by atoms with E-state index in [1.807, 2.05) is 30.3 Å².